The van der Waals surface area contributed by atoms with Crippen molar-refractivity contribution in [3.63, 3.8) is 0 Å². The summed E-state index contributed by atoms with van der Waals surface area (Å²) in [5, 5.41) is 2.74. The fourth-order valence-electron chi connectivity index (χ4n) is 1.39. The standard InChI is InChI=1S/C12H19N3O2/c1-3-4-5-10(13)12(16)15-9-6-7-14-11(8-9)17-2/h6-8,10H,3-5,13H2,1-2H3,(H,14,15,16)/t10-/m0/s1. The summed E-state index contributed by atoms with van der Waals surface area (Å²) >= 11 is 0. The van der Waals surface area contributed by atoms with E-state index in [1.807, 2.05) is 0 Å². The summed E-state index contributed by atoms with van der Waals surface area (Å²) in [7, 11) is 1.53. The summed E-state index contributed by atoms with van der Waals surface area (Å²) in [4.78, 5) is 15.7. The van der Waals surface area contributed by atoms with Crippen molar-refractivity contribution in [1.82, 2.24) is 4.98 Å². The van der Waals surface area contributed by atoms with Crippen molar-refractivity contribution in [2.24, 2.45) is 5.73 Å². The molecule has 94 valence electrons. The minimum Gasteiger partial charge on any atom is -0.481 e. The van der Waals surface area contributed by atoms with Crippen LogP contribution in [0.5, 0.6) is 5.88 Å². The molecule has 0 aromatic carbocycles. The summed E-state index contributed by atoms with van der Waals surface area (Å²) in [6, 6.07) is 2.89. The average Bonchev–Trinajstić information content (AvgIpc) is 2.36. The van der Waals surface area contributed by atoms with Crippen LogP contribution in [0.4, 0.5) is 5.69 Å². The van der Waals surface area contributed by atoms with Crippen LogP contribution >= 0.6 is 0 Å². The third kappa shape index (κ3) is 4.40. The molecule has 0 spiro atoms. The van der Waals surface area contributed by atoms with Crippen LogP contribution in [0, 0.1) is 0 Å². The van der Waals surface area contributed by atoms with E-state index in [1.165, 1.54) is 7.11 Å². The number of pyridine rings is 1. The largest absolute Gasteiger partial charge is 0.481 e. The van der Waals surface area contributed by atoms with Gasteiger partial charge in [0.15, 0.2) is 0 Å². The van der Waals surface area contributed by atoms with E-state index >= 15 is 0 Å². The van der Waals surface area contributed by atoms with Crippen LogP contribution in [-0.4, -0.2) is 24.0 Å². The molecule has 0 saturated heterocycles. The van der Waals surface area contributed by atoms with Gasteiger partial charge in [0.05, 0.1) is 13.2 Å². The number of unbranched alkanes of at least 4 members (excludes halogenated alkanes) is 1. The minimum atomic E-state index is -0.464. The Morgan fingerprint density at radius 2 is 2.41 bits per heavy atom. The number of amides is 1. The molecule has 0 aliphatic rings. The molecule has 1 aromatic heterocycles. The summed E-state index contributed by atoms with van der Waals surface area (Å²) in [6.45, 7) is 2.07. The molecule has 17 heavy (non-hydrogen) atoms. The van der Waals surface area contributed by atoms with Gasteiger partial charge < -0.3 is 15.8 Å². The summed E-state index contributed by atoms with van der Waals surface area (Å²) in [5.41, 5.74) is 6.41. The van der Waals surface area contributed by atoms with Crippen molar-refractivity contribution in [3.8, 4) is 5.88 Å². The Bertz CT molecular complexity index is 369. The predicted molar refractivity (Wildman–Crippen MR) is 66.9 cm³/mol. The van der Waals surface area contributed by atoms with Crippen LogP contribution in [0.2, 0.25) is 0 Å². The van der Waals surface area contributed by atoms with E-state index in [4.69, 9.17) is 10.5 Å². The van der Waals surface area contributed by atoms with Gasteiger partial charge in [-0.2, -0.15) is 0 Å². The second-order valence-corrected chi connectivity index (χ2v) is 3.82. The zero-order valence-corrected chi connectivity index (χ0v) is 10.3. The van der Waals surface area contributed by atoms with Gasteiger partial charge in [-0.15, -0.1) is 0 Å². The molecule has 1 atom stereocenters. The predicted octanol–water partition coefficient (Wildman–Crippen LogP) is 1.55. The smallest absolute Gasteiger partial charge is 0.241 e. The lowest BCUT2D eigenvalue weighted by Crippen LogP contribution is -2.35. The van der Waals surface area contributed by atoms with Gasteiger partial charge in [0.25, 0.3) is 0 Å². The highest BCUT2D eigenvalue weighted by Crippen LogP contribution is 2.13. The summed E-state index contributed by atoms with van der Waals surface area (Å²) in [6.07, 6.45) is 4.26. The van der Waals surface area contributed by atoms with Gasteiger partial charge in [-0.25, -0.2) is 4.98 Å². The van der Waals surface area contributed by atoms with Gasteiger partial charge in [-0.1, -0.05) is 19.8 Å². The van der Waals surface area contributed by atoms with E-state index in [0.717, 1.165) is 12.8 Å². The first-order chi connectivity index (χ1) is 8.17. The van der Waals surface area contributed by atoms with Crippen molar-refractivity contribution in [1.29, 1.82) is 0 Å². The normalized spacial score (nSPS) is 11.9. The molecule has 1 rings (SSSR count). The topological polar surface area (TPSA) is 77.2 Å². The van der Waals surface area contributed by atoms with E-state index < -0.39 is 6.04 Å². The SMILES string of the molecule is CCCC[C@H](N)C(=O)Nc1ccnc(OC)c1. The highest BCUT2D eigenvalue weighted by Gasteiger charge is 2.12. The van der Waals surface area contributed by atoms with Gasteiger partial charge in [-0.05, 0) is 12.5 Å². The molecule has 0 saturated carbocycles. The third-order valence-electron chi connectivity index (χ3n) is 2.42. The van der Waals surface area contributed by atoms with Gasteiger partial charge >= 0.3 is 0 Å². The monoisotopic (exact) mass is 237 g/mol. The van der Waals surface area contributed by atoms with Gasteiger partial charge in [0, 0.05) is 18.0 Å². The Morgan fingerprint density at radius 3 is 3.06 bits per heavy atom. The number of carbonyl (C=O) groups is 1. The Morgan fingerprint density at radius 1 is 1.65 bits per heavy atom. The lowest BCUT2D eigenvalue weighted by molar-refractivity contribution is -0.117. The third-order valence-corrected chi connectivity index (χ3v) is 2.42. The highest BCUT2D eigenvalue weighted by molar-refractivity contribution is 5.94. The van der Waals surface area contributed by atoms with Crippen molar-refractivity contribution >= 4 is 11.6 Å². The van der Waals surface area contributed by atoms with Crippen molar-refractivity contribution in [2.45, 2.75) is 32.2 Å². The number of anilines is 1. The molecular formula is C12H19N3O2. The van der Waals surface area contributed by atoms with Gasteiger partial charge in [0.1, 0.15) is 0 Å². The summed E-state index contributed by atoms with van der Waals surface area (Å²) < 4.78 is 4.97. The van der Waals surface area contributed by atoms with Crippen LogP contribution in [0.25, 0.3) is 0 Å². The number of methoxy groups -OCH3 is 1. The number of ether oxygens (including phenoxy) is 1. The van der Waals surface area contributed by atoms with E-state index in [2.05, 4.69) is 17.2 Å². The number of nitrogens with two attached hydrogens (primary N) is 1. The quantitative estimate of drug-likeness (QED) is 0.787. The second kappa shape index (κ2) is 6.85. The Hall–Kier alpha value is -1.62. The van der Waals surface area contributed by atoms with E-state index in [0.29, 0.717) is 18.0 Å². The minimum absolute atomic E-state index is 0.174. The number of nitrogens with zero attached hydrogens (tertiary/aromatic N) is 1. The zero-order chi connectivity index (χ0) is 12.7. The molecule has 1 aromatic rings. The molecule has 0 radical (unpaired) electrons. The molecule has 0 aliphatic heterocycles. The van der Waals surface area contributed by atoms with Crippen LogP contribution in [0.1, 0.15) is 26.2 Å². The number of hydrogen-bond acceptors (Lipinski definition) is 4. The molecular weight excluding hydrogens is 218 g/mol. The maximum atomic E-state index is 11.7. The maximum Gasteiger partial charge on any atom is 0.241 e. The second-order valence-electron chi connectivity index (χ2n) is 3.82. The van der Waals surface area contributed by atoms with E-state index in [1.54, 1.807) is 18.3 Å². The number of carbonyl (C=O) groups excluding carboxylic acids is 1. The fraction of sp³-hybridized carbons (Fsp3) is 0.500. The van der Waals surface area contributed by atoms with E-state index in [-0.39, 0.29) is 5.91 Å². The molecule has 0 unspecified atom stereocenters. The number of rotatable bonds is 6. The average molecular weight is 237 g/mol. The molecule has 0 aliphatic carbocycles. The lowest BCUT2D eigenvalue weighted by atomic mass is 10.1. The van der Waals surface area contributed by atoms with Crippen LogP contribution in [0.15, 0.2) is 18.3 Å². The molecule has 5 nitrogen and oxygen atoms in total. The molecule has 1 amide bonds. The van der Waals surface area contributed by atoms with Crippen molar-refractivity contribution in [2.75, 3.05) is 12.4 Å². The first-order valence-electron chi connectivity index (χ1n) is 5.74. The first kappa shape index (κ1) is 13.4. The molecule has 5 heteroatoms. The molecule has 3 N–H and O–H groups in total. The first-order valence-corrected chi connectivity index (χ1v) is 5.74. The highest BCUT2D eigenvalue weighted by atomic mass is 16.5. The lowest BCUT2D eigenvalue weighted by Gasteiger charge is -2.11. The molecule has 1 heterocycles. The van der Waals surface area contributed by atoms with Crippen molar-refractivity contribution < 1.29 is 9.53 Å². The fourth-order valence-corrected chi connectivity index (χ4v) is 1.39. The van der Waals surface area contributed by atoms with Gasteiger partial charge in [-0.3, -0.25) is 4.79 Å². The van der Waals surface area contributed by atoms with Gasteiger partial charge in [0.2, 0.25) is 11.8 Å². The Balaban J connectivity index is 2.54. The summed E-state index contributed by atoms with van der Waals surface area (Å²) in [5.74, 6) is 0.289. The zero-order valence-electron chi connectivity index (χ0n) is 10.3. The Labute approximate surface area is 101 Å². The number of nitrogens with one attached hydrogen (secondary N) is 1. The molecule has 0 fully saturated rings. The van der Waals surface area contributed by atoms with E-state index in [9.17, 15) is 4.79 Å². The maximum absolute atomic E-state index is 11.7. The molecule has 0 bridgehead atoms. The van der Waals surface area contributed by atoms with Crippen LogP contribution < -0.4 is 15.8 Å². The number of hydrogen-bond donors (Lipinski definition) is 2. The Kier molecular flexibility index (Phi) is 5.42. The van der Waals surface area contributed by atoms with Crippen LogP contribution in [0.3, 0.4) is 0 Å². The number of aromatic nitrogens is 1. The van der Waals surface area contributed by atoms with Crippen LogP contribution in [-0.2, 0) is 4.79 Å². The van der Waals surface area contributed by atoms with Crippen molar-refractivity contribution in [3.05, 3.63) is 18.3 Å².